The van der Waals surface area contributed by atoms with E-state index in [0.29, 0.717) is 29.6 Å². The predicted octanol–water partition coefficient (Wildman–Crippen LogP) is 6.23. The molecule has 4 aromatic carbocycles. The Kier molecular flexibility index (Phi) is 14.6. The Bertz CT molecular complexity index is 1890. The van der Waals surface area contributed by atoms with Gasteiger partial charge >= 0.3 is 12.1 Å². The van der Waals surface area contributed by atoms with E-state index in [-0.39, 0.29) is 31.3 Å². The summed E-state index contributed by atoms with van der Waals surface area (Å²) in [6.45, 7) is 5.93. The Morgan fingerprint density at radius 2 is 1.57 bits per heavy atom. The van der Waals surface area contributed by atoms with Crippen LogP contribution in [0.25, 0.3) is 11.1 Å². The van der Waals surface area contributed by atoms with Crippen LogP contribution in [-0.2, 0) is 40.4 Å². The minimum Gasteiger partial charge on any atom is -0.493 e. The van der Waals surface area contributed by atoms with E-state index in [1.54, 1.807) is 14.2 Å². The normalized spacial score (nSPS) is 14.8. The summed E-state index contributed by atoms with van der Waals surface area (Å²) >= 11 is 0. The van der Waals surface area contributed by atoms with Crippen LogP contribution < -0.4 is 24.3 Å². The first-order valence-electron chi connectivity index (χ1n) is 17.6. The third kappa shape index (κ3) is 10.0. The molecule has 1 aliphatic carbocycles. The fraction of sp³-hybridized carbons (Fsp3) is 0.381. The van der Waals surface area contributed by atoms with Crippen LogP contribution in [0.15, 0.2) is 72.8 Å². The second-order valence-corrected chi connectivity index (χ2v) is 13.4. The number of fused-ring (bicyclic) bond motifs is 1. The van der Waals surface area contributed by atoms with Crippen molar-refractivity contribution in [2.24, 2.45) is 5.92 Å². The van der Waals surface area contributed by atoms with Crippen molar-refractivity contribution in [1.82, 2.24) is 5.32 Å². The van der Waals surface area contributed by atoms with E-state index < -0.39 is 18.1 Å². The highest BCUT2D eigenvalue weighted by Gasteiger charge is 2.32. The van der Waals surface area contributed by atoms with Gasteiger partial charge in [-0.15, -0.1) is 0 Å². The van der Waals surface area contributed by atoms with E-state index in [0.717, 1.165) is 59.1 Å². The Balaban J connectivity index is 0.00000202. The largest absolute Gasteiger partial charge is 0.493 e. The fourth-order valence-electron chi connectivity index (χ4n) is 6.34. The number of hydrogen-bond donors (Lipinski definition) is 4. The smallest absolute Gasteiger partial charge is 0.373 e. The first-order valence-corrected chi connectivity index (χ1v) is 17.6. The van der Waals surface area contributed by atoms with Crippen molar-refractivity contribution in [2.45, 2.75) is 71.2 Å². The van der Waals surface area contributed by atoms with Gasteiger partial charge in [-0.1, -0.05) is 55.5 Å². The zero-order valence-corrected chi connectivity index (χ0v) is 30.9. The minimum atomic E-state index is -1.45. The third-order valence-corrected chi connectivity index (χ3v) is 9.77. The lowest BCUT2D eigenvalue weighted by molar-refractivity contribution is -0.191. The van der Waals surface area contributed by atoms with Crippen molar-refractivity contribution in [3.63, 3.8) is 0 Å². The van der Waals surface area contributed by atoms with Gasteiger partial charge in [0.25, 0.3) is 0 Å². The van der Waals surface area contributed by atoms with Crippen LogP contribution in [0.2, 0.25) is 0 Å². The first-order chi connectivity index (χ1) is 25.5. The van der Waals surface area contributed by atoms with Crippen LogP contribution >= 0.6 is 0 Å². The van der Waals surface area contributed by atoms with Crippen molar-refractivity contribution < 1.29 is 48.7 Å². The van der Waals surface area contributed by atoms with Gasteiger partial charge in [0.15, 0.2) is 23.0 Å². The molecule has 0 aliphatic heterocycles. The van der Waals surface area contributed by atoms with Crippen LogP contribution in [0.3, 0.4) is 0 Å². The highest BCUT2D eigenvalue weighted by atomic mass is 16.5. The van der Waals surface area contributed by atoms with Crippen molar-refractivity contribution in [3.05, 3.63) is 106 Å². The van der Waals surface area contributed by atoms with Crippen molar-refractivity contribution in [1.29, 1.82) is 0 Å². The van der Waals surface area contributed by atoms with Crippen molar-refractivity contribution in [2.75, 3.05) is 27.4 Å². The minimum absolute atomic E-state index is 0.151. The molecular weight excluding hydrogens is 678 g/mol. The third-order valence-electron chi connectivity index (χ3n) is 9.77. The summed E-state index contributed by atoms with van der Waals surface area (Å²) in [4.78, 5) is 27.8. The van der Waals surface area contributed by atoms with Crippen molar-refractivity contribution in [3.8, 4) is 34.1 Å². The van der Waals surface area contributed by atoms with E-state index in [1.165, 1.54) is 18.1 Å². The highest BCUT2D eigenvalue weighted by Crippen LogP contribution is 2.43. The summed E-state index contributed by atoms with van der Waals surface area (Å²) in [7, 11) is 3.24. The quantitative estimate of drug-likeness (QED) is 0.0977. The average Bonchev–Trinajstić information content (AvgIpc) is 3.59. The molecule has 0 saturated heterocycles. The molecular formula is C42H49NO10. The fourth-order valence-corrected chi connectivity index (χ4v) is 6.34. The number of methoxy groups -OCH3 is 2. The average molecular weight is 728 g/mol. The standard InChI is InChI=1S/C41H49NO8.CO2/c1-26(23-43)12-13-28-14-17-36(38(20-28)47-4)49-24-30-8-6-9-31(27(30)2)32-10-7-11-34-33(32)16-19-35(34)50-37-18-15-29(21-39(37)48-5)22-42-41(3,25-44)40(45)46;2-1-3/h6-11,14-15,17-18,20-21,26,35,42-44H,12-13,16,19,22-25H2,1-5H3,(H,45,46);/t26-,35?,41+;/m1./s1. The Morgan fingerprint density at radius 1 is 0.925 bits per heavy atom. The monoisotopic (exact) mass is 727 g/mol. The van der Waals surface area contributed by atoms with Gasteiger partial charge in [-0.3, -0.25) is 10.1 Å². The number of aliphatic hydroxyl groups excluding tert-OH is 2. The number of carboxylic acids is 1. The molecule has 0 heterocycles. The number of ether oxygens (including phenoxy) is 4. The second-order valence-electron chi connectivity index (χ2n) is 13.4. The van der Waals surface area contributed by atoms with Gasteiger partial charge in [0.1, 0.15) is 18.2 Å². The van der Waals surface area contributed by atoms with Gasteiger partial charge in [0, 0.05) is 13.2 Å². The summed E-state index contributed by atoms with van der Waals surface area (Å²) in [6, 6.07) is 24.3. The van der Waals surface area contributed by atoms with E-state index >= 15 is 0 Å². The lowest BCUT2D eigenvalue weighted by Gasteiger charge is -2.24. The number of carboxylic acid groups (broad SMARTS) is 1. The van der Waals surface area contributed by atoms with E-state index in [4.69, 9.17) is 28.5 Å². The summed E-state index contributed by atoms with van der Waals surface area (Å²) in [5, 5.41) is 31.3. The maximum Gasteiger partial charge on any atom is 0.373 e. The molecule has 3 atom stereocenters. The van der Waals surface area contributed by atoms with Crippen LogP contribution in [0, 0.1) is 12.8 Å². The molecule has 1 aliphatic rings. The SMILES string of the molecule is COc1cc(CC[C@@H](C)CO)ccc1OCc1cccc(-c2cccc3c2CCC3Oc2ccc(CN[C@@](C)(CO)C(=O)O)cc2OC)c1C.O=C=O. The summed E-state index contributed by atoms with van der Waals surface area (Å²) in [6.07, 6.45) is 3.57. The number of rotatable bonds is 17. The Labute approximate surface area is 310 Å². The molecule has 282 valence electrons. The zero-order valence-electron chi connectivity index (χ0n) is 30.9. The first kappa shape index (κ1) is 40.6. The lowest BCUT2D eigenvalue weighted by atomic mass is 9.91. The van der Waals surface area contributed by atoms with Gasteiger partial charge in [-0.05, 0) is 114 Å². The summed E-state index contributed by atoms with van der Waals surface area (Å²) in [5.74, 6) is 1.70. The molecule has 0 aromatic heterocycles. The molecule has 11 nitrogen and oxygen atoms in total. The Hall–Kier alpha value is -5.19. The number of nitrogens with one attached hydrogen (secondary N) is 1. The molecule has 0 fully saturated rings. The topological polar surface area (TPSA) is 161 Å². The number of carbonyl (C=O) groups excluding carboxylic acids is 2. The number of carbonyl (C=O) groups is 1. The maximum absolute atomic E-state index is 11.6. The molecule has 0 amide bonds. The highest BCUT2D eigenvalue weighted by molar-refractivity contribution is 5.78. The number of benzene rings is 4. The van der Waals surface area contributed by atoms with E-state index in [1.807, 2.05) is 37.3 Å². The summed E-state index contributed by atoms with van der Waals surface area (Å²) < 4.78 is 24.2. The molecule has 0 bridgehead atoms. The van der Waals surface area contributed by atoms with Gasteiger partial charge in [0.2, 0.25) is 0 Å². The van der Waals surface area contributed by atoms with Gasteiger partial charge in [-0.2, -0.15) is 9.59 Å². The molecule has 53 heavy (non-hydrogen) atoms. The van der Waals surface area contributed by atoms with Crippen LogP contribution in [0.1, 0.15) is 66.2 Å². The Morgan fingerprint density at radius 3 is 2.25 bits per heavy atom. The molecule has 1 unspecified atom stereocenters. The van der Waals surface area contributed by atoms with E-state index in [2.05, 4.69) is 54.7 Å². The number of hydrogen-bond acceptors (Lipinski definition) is 10. The molecule has 0 radical (unpaired) electrons. The zero-order chi connectivity index (χ0) is 38.5. The molecule has 5 rings (SSSR count). The predicted molar refractivity (Wildman–Crippen MR) is 198 cm³/mol. The number of aliphatic carboxylic acids is 1. The molecule has 4 aromatic rings. The molecule has 0 spiro atoms. The molecule has 0 saturated carbocycles. The number of aryl methyl sites for hydroxylation is 1. The van der Waals surface area contributed by atoms with E-state index in [9.17, 15) is 20.1 Å². The van der Waals surface area contributed by atoms with Crippen LogP contribution in [0.5, 0.6) is 23.0 Å². The van der Waals surface area contributed by atoms with Gasteiger partial charge < -0.3 is 34.3 Å². The summed E-state index contributed by atoms with van der Waals surface area (Å²) in [5.41, 5.74) is 7.53. The van der Waals surface area contributed by atoms with Gasteiger partial charge in [0.05, 0.1) is 20.8 Å². The lowest BCUT2D eigenvalue weighted by Crippen LogP contribution is -2.52. The number of aliphatic hydroxyl groups is 2. The van der Waals surface area contributed by atoms with Crippen molar-refractivity contribution >= 4 is 12.1 Å². The molecule has 4 N–H and O–H groups in total. The van der Waals surface area contributed by atoms with Gasteiger partial charge in [-0.25, -0.2) is 0 Å². The second kappa shape index (κ2) is 19.0. The van der Waals surface area contributed by atoms with Crippen LogP contribution in [-0.4, -0.2) is 60.4 Å². The van der Waals surface area contributed by atoms with Crippen LogP contribution in [0.4, 0.5) is 0 Å². The molecule has 11 heteroatoms. The maximum atomic E-state index is 11.6.